The molecule has 44 heavy (non-hydrogen) atoms. The Morgan fingerprint density at radius 1 is 0.477 bits per heavy atom. The van der Waals surface area contributed by atoms with Crippen molar-refractivity contribution >= 4 is 35.2 Å². The highest BCUT2D eigenvalue weighted by Crippen LogP contribution is 2.15. The SMILES string of the molecule is CC(C)CC1NC(=O)C(Cc2ccc(N)cc2)NC(=O)C(CC(C)C)NC(=O)C(CC(C)C)NC(=O)C(CC(C)C)NC1=O. The minimum atomic E-state index is -1.04. The molecule has 2 rings (SSSR count). The first kappa shape index (κ1) is 36.6. The molecule has 5 atom stereocenters. The molecule has 246 valence electrons. The molecule has 0 bridgehead atoms. The van der Waals surface area contributed by atoms with Crippen LogP contribution in [0.3, 0.4) is 0 Å². The molecule has 1 aliphatic heterocycles. The van der Waals surface area contributed by atoms with E-state index in [1.165, 1.54) is 0 Å². The third-order valence-electron chi connectivity index (χ3n) is 7.41. The van der Waals surface area contributed by atoms with Crippen LogP contribution in [-0.4, -0.2) is 59.7 Å². The fraction of sp³-hybridized carbons (Fsp3) is 0.667. The van der Waals surface area contributed by atoms with Crippen molar-refractivity contribution in [2.24, 2.45) is 23.7 Å². The number of carbonyl (C=O) groups excluding carboxylic acids is 5. The topological polar surface area (TPSA) is 172 Å². The number of hydrogen-bond donors (Lipinski definition) is 6. The fourth-order valence-corrected chi connectivity index (χ4v) is 5.27. The van der Waals surface area contributed by atoms with Crippen molar-refractivity contribution in [2.75, 3.05) is 5.73 Å². The zero-order valence-corrected chi connectivity index (χ0v) is 27.7. The number of rotatable bonds is 10. The van der Waals surface area contributed by atoms with Crippen LogP contribution in [0.4, 0.5) is 5.69 Å². The van der Waals surface area contributed by atoms with Crippen molar-refractivity contribution in [3.63, 3.8) is 0 Å². The number of anilines is 1. The van der Waals surface area contributed by atoms with E-state index < -0.39 is 59.7 Å². The Labute approximate surface area is 262 Å². The second kappa shape index (κ2) is 17.0. The van der Waals surface area contributed by atoms with Crippen LogP contribution in [0.1, 0.15) is 86.6 Å². The molecule has 1 saturated heterocycles. The maximum atomic E-state index is 13.8. The summed E-state index contributed by atoms with van der Waals surface area (Å²) in [5, 5.41) is 14.2. The molecule has 7 N–H and O–H groups in total. The second-order valence-corrected chi connectivity index (χ2v) is 13.8. The van der Waals surface area contributed by atoms with Gasteiger partial charge in [-0.05, 0) is 67.1 Å². The van der Waals surface area contributed by atoms with E-state index in [1.807, 2.05) is 55.4 Å². The predicted octanol–water partition coefficient (Wildman–Crippen LogP) is 2.43. The Kier molecular flexibility index (Phi) is 14.1. The average Bonchev–Trinajstić information content (AvgIpc) is 2.90. The third-order valence-corrected chi connectivity index (χ3v) is 7.41. The largest absolute Gasteiger partial charge is 0.399 e. The molecule has 11 heteroatoms. The summed E-state index contributed by atoms with van der Waals surface area (Å²) in [7, 11) is 0. The van der Waals surface area contributed by atoms with Gasteiger partial charge in [-0.2, -0.15) is 0 Å². The van der Waals surface area contributed by atoms with Crippen LogP contribution in [0.25, 0.3) is 0 Å². The smallest absolute Gasteiger partial charge is 0.243 e. The van der Waals surface area contributed by atoms with E-state index in [-0.39, 0.29) is 30.1 Å². The summed E-state index contributed by atoms with van der Waals surface area (Å²) in [6.45, 7) is 15.5. The summed E-state index contributed by atoms with van der Waals surface area (Å²) in [6.07, 6.45) is 1.46. The Bertz CT molecular complexity index is 1120. The fourth-order valence-electron chi connectivity index (χ4n) is 5.27. The molecule has 1 aromatic rings. The van der Waals surface area contributed by atoms with E-state index in [0.717, 1.165) is 5.56 Å². The summed E-state index contributed by atoms with van der Waals surface area (Å²) in [5.41, 5.74) is 7.17. The van der Waals surface area contributed by atoms with Crippen molar-refractivity contribution in [1.29, 1.82) is 0 Å². The van der Waals surface area contributed by atoms with Gasteiger partial charge in [0.1, 0.15) is 30.2 Å². The zero-order valence-electron chi connectivity index (χ0n) is 27.7. The lowest BCUT2D eigenvalue weighted by Crippen LogP contribution is -2.58. The number of nitrogens with one attached hydrogen (secondary N) is 5. The van der Waals surface area contributed by atoms with Gasteiger partial charge in [0.25, 0.3) is 0 Å². The van der Waals surface area contributed by atoms with Gasteiger partial charge in [0.2, 0.25) is 29.5 Å². The Morgan fingerprint density at radius 3 is 1.00 bits per heavy atom. The molecule has 5 amide bonds. The number of hydrogen-bond acceptors (Lipinski definition) is 6. The lowest BCUT2D eigenvalue weighted by Gasteiger charge is -2.27. The monoisotopic (exact) mass is 614 g/mol. The molecule has 0 saturated carbocycles. The van der Waals surface area contributed by atoms with Crippen molar-refractivity contribution in [1.82, 2.24) is 26.6 Å². The van der Waals surface area contributed by atoms with Crippen LogP contribution in [0.15, 0.2) is 24.3 Å². The molecular weight excluding hydrogens is 560 g/mol. The van der Waals surface area contributed by atoms with E-state index in [2.05, 4.69) is 26.6 Å². The molecule has 1 aliphatic rings. The molecule has 1 heterocycles. The summed E-state index contributed by atoms with van der Waals surface area (Å²) in [6, 6.07) is 2.22. The molecule has 1 aromatic carbocycles. The summed E-state index contributed by atoms with van der Waals surface area (Å²) >= 11 is 0. The van der Waals surface area contributed by atoms with Gasteiger partial charge in [-0.25, -0.2) is 0 Å². The maximum Gasteiger partial charge on any atom is 0.243 e. The first-order chi connectivity index (χ1) is 20.5. The number of carbonyl (C=O) groups is 5. The van der Waals surface area contributed by atoms with Crippen LogP contribution in [-0.2, 0) is 30.4 Å². The Morgan fingerprint density at radius 2 is 0.727 bits per heavy atom. The molecule has 0 radical (unpaired) electrons. The van der Waals surface area contributed by atoms with Crippen molar-refractivity contribution in [3.8, 4) is 0 Å². The minimum absolute atomic E-state index is 0.0447. The molecule has 0 aromatic heterocycles. The van der Waals surface area contributed by atoms with Crippen molar-refractivity contribution in [2.45, 2.75) is 118 Å². The number of nitrogen functional groups attached to an aromatic ring is 1. The van der Waals surface area contributed by atoms with Crippen LogP contribution in [0.5, 0.6) is 0 Å². The van der Waals surface area contributed by atoms with Gasteiger partial charge in [0.15, 0.2) is 0 Å². The van der Waals surface area contributed by atoms with Crippen LogP contribution in [0, 0.1) is 23.7 Å². The Hall–Kier alpha value is -3.63. The highest BCUT2D eigenvalue weighted by molar-refractivity contribution is 5.98. The van der Waals surface area contributed by atoms with E-state index in [4.69, 9.17) is 5.73 Å². The zero-order chi connectivity index (χ0) is 33.1. The maximum absolute atomic E-state index is 13.8. The predicted molar refractivity (Wildman–Crippen MR) is 172 cm³/mol. The van der Waals surface area contributed by atoms with Crippen molar-refractivity contribution in [3.05, 3.63) is 29.8 Å². The van der Waals surface area contributed by atoms with Crippen molar-refractivity contribution < 1.29 is 24.0 Å². The molecule has 11 nitrogen and oxygen atoms in total. The summed E-state index contributed by atoms with van der Waals surface area (Å²) in [4.78, 5) is 68.4. The van der Waals surface area contributed by atoms with Gasteiger partial charge in [-0.3, -0.25) is 24.0 Å². The number of amides is 5. The van der Waals surface area contributed by atoms with E-state index in [1.54, 1.807) is 24.3 Å². The Balaban J connectivity index is 2.61. The third kappa shape index (κ3) is 12.2. The molecule has 5 unspecified atom stereocenters. The normalized spacial score (nSPS) is 24.4. The summed E-state index contributed by atoms with van der Waals surface area (Å²) in [5.74, 6) is -2.32. The first-order valence-corrected chi connectivity index (χ1v) is 15.9. The van der Waals surface area contributed by atoms with Gasteiger partial charge in [0.05, 0.1) is 0 Å². The highest BCUT2D eigenvalue weighted by atomic mass is 16.2. The van der Waals surface area contributed by atoms with Gasteiger partial charge in [0, 0.05) is 12.1 Å². The van der Waals surface area contributed by atoms with E-state index in [0.29, 0.717) is 31.4 Å². The molecular formula is C33H54N6O5. The van der Waals surface area contributed by atoms with E-state index >= 15 is 0 Å². The molecule has 0 aliphatic carbocycles. The van der Waals surface area contributed by atoms with Gasteiger partial charge < -0.3 is 32.3 Å². The minimum Gasteiger partial charge on any atom is -0.399 e. The van der Waals surface area contributed by atoms with Crippen LogP contribution in [0.2, 0.25) is 0 Å². The number of nitrogens with two attached hydrogens (primary N) is 1. The standard InChI is InChI=1S/C33H54N6O5/c1-18(2)13-24-29(40)35-25(14-19(3)4)30(41)37-27(16-21(7)8)32(43)39-28(17-22-9-11-23(34)12-10-22)33(44)38-26(15-20(5)6)31(42)36-24/h9-12,18-21,24-28H,13-17,34H2,1-8H3,(H,35,40)(H,36,42)(H,37,41)(H,38,44)(H,39,43). The van der Waals surface area contributed by atoms with Crippen LogP contribution < -0.4 is 32.3 Å². The second-order valence-electron chi connectivity index (χ2n) is 13.8. The molecule has 1 fully saturated rings. The quantitative estimate of drug-likeness (QED) is 0.221. The number of benzene rings is 1. The van der Waals surface area contributed by atoms with Gasteiger partial charge >= 0.3 is 0 Å². The van der Waals surface area contributed by atoms with Crippen LogP contribution >= 0.6 is 0 Å². The first-order valence-electron chi connectivity index (χ1n) is 15.9. The van der Waals surface area contributed by atoms with Gasteiger partial charge in [-0.1, -0.05) is 67.5 Å². The molecule has 0 spiro atoms. The average molecular weight is 615 g/mol. The van der Waals surface area contributed by atoms with E-state index in [9.17, 15) is 24.0 Å². The highest BCUT2D eigenvalue weighted by Gasteiger charge is 2.35. The lowest BCUT2D eigenvalue weighted by molar-refractivity contribution is -0.134. The lowest BCUT2D eigenvalue weighted by atomic mass is 9.98. The van der Waals surface area contributed by atoms with Gasteiger partial charge in [-0.15, -0.1) is 0 Å². The summed E-state index contributed by atoms with van der Waals surface area (Å²) < 4.78 is 0.